The van der Waals surface area contributed by atoms with Crippen molar-refractivity contribution in [3.8, 4) is 0 Å². The molecule has 1 aromatic rings. The lowest BCUT2D eigenvalue weighted by Crippen LogP contribution is -2.41. The minimum Gasteiger partial charge on any atom is -0.459 e. The van der Waals surface area contributed by atoms with E-state index >= 15 is 0 Å². The number of rotatable bonds is 6. The zero-order valence-electron chi connectivity index (χ0n) is 14.5. The van der Waals surface area contributed by atoms with E-state index in [2.05, 4.69) is 10.6 Å². The first-order chi connectivity index (χ1) is 11.1. The summed E-state index contributed by atoms with van der Waals surface area (Å²) in [6, 6.07) is 3.22. The number of nitro benzene ring substituents is 1. The summed E-state index contributed by atoms with van der Waals surface area (Å²) in [6.45, 7) is 5.25. The molecular weight excluding hydrogens is 314 g/mol. The van der Waals surface area contributed by atoms with Gasteiger partial charge in [0.2, 0.25) is 0 Å². The highest BCUT2D eigenvalue weighted by atomic mass is 16.6. The van der Waals surface area contributed by atoms with Crippen LogP contribution in [0.3, 0.4) is 0 Å². The van der Waals surface area contributed by atoms with Crippen molar-refractivity contribution in [2.24, 2.45) is 0 Å². The van der Waals surface area contributed by atoms with Gasteiger partial charge in [-0.25, -0.2) is 0 Å². The minimum atomic E-state index is -0.727. The van der Waals surface area contributed by atoms with Crippen LogP contribution in [-0.4, -0.2) is 42.5 Å². The van der Waals surface area contributed by atoms with Gasteiger partial charge < -0.3 is 15.4 Å². The van der Waals surface area contributed by atoms with Crippen molar-refractivity contribution >= 4 is 17.6 Å². The molecule has 0 aliphatic heterocycles. The van der Waals surface area contributed by atoms with Crippen molar-refractivity contribution in [3.05, 3.63) is 39.4 Å². The van der Waals surface area contributed by atoms with E-state index in [4.69, 9.17) is 4.74 Å². The van der Waals surface area contributed by atoms with Crippen LogP contribution < -0.4 is 10.6 Å². The van der Waals surface area contributed by atoms with Crippen molar-refractivity contribution < 1.29 is 19.2 Å². The van der Waals surface area contributed by atoms with E-state index < -0.39 is 22.5 Å². The van der Waals surface area contributed by atoms with Gasteiger partial charge in [-0.15, -0.1) is 0 Å². The molecular formula is C16H23N3O5. The fourth-order valence-electron chi connectivity index (χ4n) is 2.11. The minimum absolute atomic E-state index is 0.0931. The molecule has 1 unspecified atom stereocenters. The maximum atomic E-state index is 12.2. The number of ether oxygens (including phenoxy) is 1. The topological polar surface area (TPSA) is 111 Å². The average Bonchev–Trinajstić information content (AvgIpc) is 2.49. The molecule has 0 bridgehead atoms. The largest absolute Gasteiger partial charge is 0.459 e. The monoisotopic (exact) mass is 337 g/mol. The van der Waals surface area contributed by atoms with Gasteiger partial charge >= 0.3 is 5.97 Å². The smallest absolute Gasteiger partial charge is 0.323 e. The average molecular weight is 337 g/mol. The van der Waals surface area contributed by atoms with Gasteiger partial charge in [0, 0.05) is 24.7 Å². The molecule has 0 aromatic heterocycles. The van der Waals surface area contributed by atoms with Crippen molar-refractivity contribution in [1.82, 2.24) is 10.6 Å². The fourth-order valence-corrected chi connectivity index (χ4v) is 2.11. The molecule has 1 aromatic carbocycles. The first kappa shape index (κ1) is 19.6. The van der Waals surface area contributed by atoms with E-state index in [1.807, 2.05) is 0 Å². The van der Waals surface area contributed by atoms with Crippen LogP contribution in [0, 0.1) is 10.1 Å². The van der Waals surface area contributed by atoms with E-state index in [0.29, 0.717) is 5.56 Å². The van der Waals surface area contributed by atoms with Crippen molar-refractivity contribution in [2.75, 3.05) is 14.1 Å². The standard InChI is InChI=1S/C16H23N3O5/c1-16(2,3)24-15(21)13(17-4)9-10-8-11(19(22)23)6-7-12(10)14(20)18-5/h6-8,13,17H,9H2,1-5H3,(H,18,20). The number of hydrogen-bond acceptors (Lipinski definition) is 6. The number of likely N-dealkylation sites (N-methyl/N-ethyl adjacent to an activating group) is 1. The molecule has 1 rings (SSSR count). The Morgan fingerprint density at radius 3 is 2.38 bits per heavy atom. The zero-order chi connectivity index (χ0) is 18.5. The number of nitrogens with one attached hydrogen (secondary N) is 2. The van der Waals surface area contributed by atoms with Gasteiger partial charge in [-0.05, 0) is 45.9 Å². The van der Waals surface area contributed by atoms with E-state index in [-0.39, 0.29) is 23.6 Å². The fraction of sp³-hybridized carbons (Fsp3) is 0.500. The number of benzene rings is 1. The predicted octanol–water partition coefficient (Wildman–Crippen LogP) is 1.43. The molecule has 2 N–H and O–H groups in total. The van der Waals surface area contributed by atoms with Gasteiger partial charge in [0.1, 0.15) is 11.6 Å². The molecule has 24 heavy (non-hydrogen) atoms. The van der Waals surface area contributed by atoms with E-state index in [1.165, 1.54) is 25.2 Å². The van der Waals surface area contributed by atoms with E-state index in [0.717, 1.165) is 0 Å². The summed E-state index contributed by atoms with van der Waals surface area (Å²) < 4.78 is 5.33. The van der Waals surface area contributed by atoms with Gasteiger partial charge in [0.15, 0.2) is 0 Å². The lowest BCUT2D eigenvalue weighted by Gasteiger charge is -2.24. The van der Waals surface area contributed by atoms with Gasteiger partial charge in [-0.3, -0.25) is 19.7 Å². The first-order valence-electron chi connectivity index (χ1n) is 7.48. The molecule has 132 valence electrons. The summed E-state index contributed by atoms with van der Waals surface area (Å²) in [6.07, 6.45) is 0.0931. The molecule has 0 fully saturated rings. The quantitative estimate of drug-likeness (QED) is 0.461. The third-order valence-corrected chi connectivity index (χ3v) is 3.24. The van der Waals surface area contributed by atoms with E-state index in [9.17, 15) is 19.7 Å². The number of carbonyl (C=O) groups excluding carboxylic acids is 2. The normalized spacial score (nSPS) is 12.4. The van der Waals surface area contributed by atoms with Crippen molar-refractivity contribution in [3.63, 3.8) is 0 Å². The number of nitro groups is 1. The highest BCUT2D eigenvalue weighted by Crippen LogP contribution is 2.20. The summed E-state index contributed by atoms with van der Waals surface area (Å²) in [5, 5.41) is 16.3. The summed E-state index contributed by atoms with van der Waals surface area (Å²) in [7, 11) is 3.06. The lowest BCUT2D eigenvalue weighted by molar-refractivity contribution is -0.384. The van der Waals surface area contributed by atoms with Gasteiger partial charge in [0.25, 0.3) is 11.6 Å². The number of esters is 1. The third-order valence-electron chi connectivity index (χ3n) is 3.24. The maximum Gasteiger partial charge on any atom is 0.323 e. The van der Waals surface area contributed by atoms with Crippen LogP contribution in [0.15, 0.2) is 18.2 Å². The van der Waals surface area contributed by atoms with Crippen LogP contribution in [0.25, 0.3) is 0 Å². The van der Waals surface area contributed by atoms with Gasteiger partial charge in [-0.1, -0.05) is 0 Å². The Morgan fingerprint density at radius 1 is 1.29 bits per heavy atom. The highest BCUT2D eigenvalue weighted by Gasteiger charge is 2.26. The number of carbonyl (C=O) groups is 2. The Labute approximate surface area is 140 Å². The van der Waals surface area contributed by atoms with Crippen LogP contribution in [-0.2, 0) is 16.0 Å². The van der Waals surface area contributed by atoms with Crippen molar-refractivity contribution in [2.45, 2.75) is 38.8 Å². The number of amides is 1. The second kappa shape index (κ2) is 7.87. The molecule has 8 nitrogen and oxygen atoms in total. The van der Waals surface area contributed by atoms with Crippen LogP contribution in [0.2, 0.25) is 0 Å². The summed E-state index contributed by atoms with van der Waals surface area (Å²) in [4.78, 5) is 34.6. The molecule has 0 spiro atoms. The Kier molecular flexibility index (Phi) is 6.42. The summed E-state index contributed by atoms with van der Waals surface area (Å²) in [5.74, 6) is -0.863. The second-order valence-corrected chi connectivity index (χ2v) is 6.26. The molecule has 0 saturated heterocycles. The molecule has 0 aliphatic rings. The predicted molar refractivity (Wildman–Crippen MR) is 88.9 cm³/mol. The zero-order valence-corrected chi connectivity index (χ0v) is 14.5. The van der Waals surface area contributed by atoms with Crippen LogP contribution in [0.4, 0.5) is 5.69 Å². The Bertz CT molecular complexity index is 637. The number of nitrogens with zero attached hydrogens (tertiary/aromatic N) is 1. The van der Waals surface area contributed by atoms with E-state index in [1.54, 1.807) is 27.8 Å². The van der Waals surface area contributed by atoms with Crippen LogP contribution >= 0.6 is 0 Å². The van der Waals surface area contributed by atoms with Crippen LogP contribution in [0.1, 0.15) is 36.7 Å². The Hall–Kier alpha value is -2.48. The number of hydrogen-bond donors (Lipinski definition) is 2. The first-order valence-corrected chi connectivity index (χ1v) is 7.48. The molecule has 0 heterocycles. The molecule has 1 amide bonds. The summed E-state index contributed by atoms with van der Waals surface area (Å²) in [5.41, 5.74) is -0.115. The third kappa shape index (κ3) is 5.31. The second-order valence-electron chi connectivity index (χ2n) is 6.26. The highest BCUT2D eigenvalue weighted by molar-refractivity contribution is 5.96. The molecule has 0 radical (unpaired) electrons. The summed E-state index contributed by atoms with van der Waals surface area (Å²) >= 11 is 0. The molecule has 0 saturated carbocycles. The lowest BCUT2D eigenvalue weighted by atomic mass is 9.98. The van der Waals surface area contributed by atoms with Crippen molar-refractivity contribution in [1.29, 1.82) is 0 Å². The number of non-ortho nitro benzene ring substituents is 1. The van der Waals surface area contributed by atoms with Crippen LogP contribution in [0.5, 0.6) is 0 Å². The Balaban J connectivity index is 3.17. The maximum absolute atomic E-state index is 12.2. The Morgan fingerprint density at radius 2 is 1.92 bits per heavy atom. The molecule has 0 aliphatic carbocycles. The SMILES string of the molecule is CNC(=O)c1ccc([N+](=O)[O-])cc1CC(NC)C(=O)OC(C)(C)C. The van der Waals surface area contributed by atoms with Gasteiger partial charge in [-0.2, -0.15) is 0 Å². The van der Waals surface area contributed by atoms with Gasteiger partial charge in [0.05, 0.1) is 4.92 Å². The molecule has 8 heteroatoms. The molecule has 1 atom stereocenters.